The van der Waals surface area contributed by atoms with E-state index in [-0.39, 0.29) is 34.1 Å². The quantitative estimate of drug-likeness (QED) is 0.154. The highest BCUT2D eigenvalue weighted by atomic mass is 19.1. The predicted octanol–water partition coefficient (Wildman–Crippen LogP) is 10.5. The van der Waals surface area contributed by atoms with E-state index in [0.717, 1.165) is 32.2 Å². The number of allylic oxidation sites excluding steroid dienone is 5. The lowest BCUT2D eigenvalue weighted by atomic mass is 9.49. The number of carbonyl (C=O) groups excluding carboxylic acids is 1. The first-order valence-electron chi connectivity index (χ1n) is 21.8. The van der Waals surface area contributed by atoms with Gasteiger partial charge < -0.3 is 20.4 Å². The van der Waals surface area contributed by atoms with Crippen LogP contribution in [-0.4, -0.2) is 64.4 Å². The number of amides is 1. The zero-order valence-corrected chi connectivity index (χ0v) is 35.7. The van der Waals surface area contributed by atoms with Gasteiger partial charge in [-0.1, -0.05) is 79.2 Å². The molecule has 7 heteroatoms. The molecule has 0 radical (unpaired) electrons. The third-order valence-corrected chi connectivity index (χ3v) is 16.9. The van der Waals surface area contributed by atoms with Crippen molar-refractivity contribution in [2.75, 3.05) is 26.3 Å². The molecule has 1 aliphatic heterocycles. The molecule has 3 fully saturated rings. The number of carboxylic acid groups (broad SMARTS) is 1. The van der Waals surface area contributed by atoms with Crippen LogP contribution in [0.4, 0.5) is 4.39 Å². The molecule has 0 aromatic heterocycles. The number of fused-ring (bicyclic) bond motifs is 1. The average Bonchev–Trinajstić information content (AvgIpc) is 3.49. The highest BCUT2D eigenvalue weighted by Gasteiger charge is 2.58. The fourth-order valence-corrected chi connectivity index (χ4v) is 12.8. The summed E-state index contributed by atoms with van der Waals surface area (Å²) >= 11 is 0. The van der Waals surface area contributed by atoms with Crippen molar-refractivity contribution >= 4 is 11.9 Å². The van der Waals surface area contributed by atoms with E-state index in [4.69, 9.17) is 0 Å². The van der Waals surface area contributed by atoms with E-state index in [1.807, 2.05) is 4.90 Å². The molecule has 1 heterocycles. The molecule has 0 bridgehead atoms. The summed E-state index contributed by atoms with van der Waals surface area (Å²) in [7, 11) is 0. The molecular formula is C47H77FN2O4. The van der Waals surface area contributed by atoms with E-state index in [1.165, 1.54) is 55.2 Å². The molecule has 0 aromatic rings. The van der Waals surface area contributed by atoms with Gasteiger partial charge in [0.1, 0.15) is 6.67 Å². The Kier molecular flexibility index (Phi) is 12.9. The molecule has 0 aromatic carbocycles. The van der Waals surface area contributed by atoms with Crippen LogP contribution in [0.25, 0.3) is 0 Å². The van der Waals surface area contributed by atoms with E-state index < -0.39 is 23.7 Å². The number of piperidine rings is 1. The zero-order valence-electron chi connectivity index (χ0n) is 35.7. The van der Waals surface area contributed by atoms with Gasteiger partial charge in [0.15, 0.2) is 0 Å². The van der Waals surface area contributed by atoms with Gasteiger partial charge in [-0.15, -0.1) is 0 Å². The van der Waals surface area contributed by atoms with Crippen LogP contribution in [0.3, 0.4) is 0 Å². The molecule has 4 aliphatic carbocycles. The highest BCUT2D eigenvalue weighted by Crippen LogP contribution is 2.63. The predicted molar refractivity (Wildman–Crippen MR) is 219 cm³/mol. The van der Waals surface area contributed by atoms with Crippen LogP contribution in [0, 0.1) is 51.2 Å². The standard InChI is InChI=1S/C47H77FN2O4/c1-11-12-39-43(8,9)37(35-15-20-45(31-48,21-16-35)41(52)53)18-19-44(39,10)33(4)13-14-38-40-36(32(2)3)17-22-47(40,24-23-42(38,6)7)49-28-25-46(54)26-29-50(30-27-46)34(5)51/h15,18,33,36,38-40,49,54H,2,11-14,16-17,19-31H2,1,3-10H3,(H,52,53)/t33-,36+,38-,39+,40-,44-,45+,47+/m1/s1. The molecule has 0 spiro atoms. The van der Waals surface area contributed by atoms with E-state index in [1.54, 1.807) is 6.92 Å². The third-order valence-electron chi connectivity index (χ3n) is 16.9. The molecule has 1 saturated heterocycles. The van der Waals surface area contributed by atoms with Crippen molar-refractivity contribution in [3.63, 3.8) is 0 Å². The second-order valence-electron chi connectivity index (χ2n) is 20.7. The van der Waals surface area contributed by atoms with Gasteiger partial charge in [0.05, 0.1) is 11.0 Å². The van der Waals surface area contributed by atoms with Gasteiger partial charge in [0.2, 0.25) is 5.91 Å². The number of carboxylic acids is 1. The first-order chi connectivity index (χ1) is 25.2. The SMILES string of the molecule is C=C(C)[C@@H]1CC[C@]2(NCCC3(O)CCN(C(C)=O)CC3)CCC(C)(C)[C@H](CC[C@@H](C)[C@@]3(C)CC=C(C4=CC[C@](CF)(C(=O)O)CC4)C(C)(C)[C@@H]3CCC)[C@@H]12. The summed E-state index contributed by atoms with van der Waals surface area (Å²) in [4.78, 5) is 25.8. The van der Waals surface area contributed by atoms with Crippen molar-refractivity contribution in [1.29, 1.82) is 0 Å². The molecule has 3 N–H and O–H groups in total. The number of aliphatic carboxylic acids is 1. The molecule has 54 heavy (non-hydrogen) atoms. The number of halogens is 1. The molecule has 1 amide bonds. The smallest absolute Gasteiger partial charge is 0.312 e. The summed E-state index contributed by atoms with van der Waals surface area (Å²) in [5.74, 6) is 1.70. The van der Waals surface area contributed by atoms with Crippen molar-refractivity contribution < 1.29 is 24.2 Å². The summed E-state index contributed by atoms with van der Waals surface area (Å²) in [6, 6.07) is 0. The molecule has 306 valence electrons. The van der Waals surface area contributed by atoms with Gasteiger partial charge in [-0.05, 0) is 160 Å². The normalized spacial score (nSPS) is 36.5. The van der Waals surface area contributed by atoms with Crippen molar-refractivity contribution in [3.05, 3.63) is 35.5 Å². The summed E-state index contributed by atoms with van der Waals surface area (Å²) in [6.07, 6.45) is 18.3. The minimum absolute atomic E-state index is 0.0610. The Balaban J connectivity index is 1.34. The minimum Gasteiger partial charge on any atom is -0.481 e. The van der Waals surface area contributed by atoms with E-state index in [2.05, 4.69) is 79.4 Å². The molecule has 5 rings (SSSR count). The van der Waals surface area contributed by atoms with Crippen LogP contribution in [0.15, 0.2) is 35.5 Å². The van der Waals surface area contributed by atoms with Gasteiger partial charge in [-0.2, -0.15) is 0 Å². The molecule has 6 nitrogen and oxygen atoms in total. The fraction of sp³-hybridized carbons (Fsp3) is 0.830. The fourth-order valence-electron chi connectivity index (χ4n) is 12.8. The number of alkyl halides is 1. The summed E-state index contributed by atoms with van der Waals surface area (Å²) in [5.41, 5.74) is 2.32. The van der Waals surface area contributed by atoms with Gasteiger partial charge in [0.25, 0.3) is 0 Å². The van der Waals surface area contributed by atoms with Gasteiger partial charge in [-0.3, -0.25) is 9.59 Å². The van der Waals surface area contributed by atoms with E-state index in [0.29, 0.717) is 68.4 Å². The van der Waals surface area contributed by atoms with Crippen molar-refractivity contribution in [2.45, 2.75) is 170 Å². The number of carbonyl (C=O) groups is 2. The first kappa shape index (κ1) is 43.1. The second-order valence-corrected chi connectivity index (χ2v) is 20.7. The van der Waals surface area contributed by atoms with Gasteiger partial charge in [0, 0.05) is 25.6 Å². The van der Waals surface area contributed by atoms with Gasteiger partial charge >= 0.3 is 5.97 Å². The van der Waals surface area contributed by atoms with Crippen LogP contribution < -0.4 is 5.32 Å². The monoisotopic (exact) mass is 753 g/mol. The average molecular weight is 753 g/mol. The minimum atomic E-state index is -1.27. The van der Waals surface area contributed by atoms with E-state index in [9.17, 15) is 24.2 Å². The Hall–Kier alpha value is -1.99. The molecule has 2 saturated carbocycles. The Morgan fingerprint density at radius 2 is 1.69 bits per heavy atom. The van der Waals surface area contributed by atoms with E-state index >= 15 is 0 Å². The Morgan fingerprint density at radius 3 is 2.24 bits per heavy atom. The zero-order chi connectivity index (χ0) is 39.9. The number of likely N-dealkylation sites (tertiary alicyclic amines) is 1. The van der Waals surface area contributed by atoms with Crippen LogP contribution in [0.5, 0.6) is 0 Å². The summed E-state index contributed by atoms with van der Waals surface area (Å²) in [5, 5.41) is 25.5. The number of nitrogens with one attached hydrogen (secondary N) is 1. The summed E-state index contributed by atoms with van der Waals surface area (Å²) < 4.78 is 14.0. The van der Waals surface area contributed by atoms with Crippen LogP contribution in [-0.2, 0) is 9.59 Å². The number of hydrogen-bond acceptors (Lipinski definition) is 4. The largest absolute Gasteiger partial charge is 0.481 e. The lowest BCUT2D eigenvalue weighted by molar-refractivity contribution is -0.150. The van der Waals surface area contributed by atoms with Crippen LogP contribution in [0.1, 0.15) is 159 Å². The Bertz CT molecular complexity index is 1460. The molecule has 8 atom stereocenters. The van der Waals surface area contributed by atoms with Crippen molar-refractivity contribution in [1.82, 2.24) is 10.2 Å². The van der Waals surface area contributed by atoms with Crippen LogP contribution in [0.2, 0.25) is 0 Å². The number of hydrogen-bond donors (Lipinski definition) is 3. The maximum Gasteiger partial charge on any atom is 0.312 e. The summed E-state index contributed by atoms with van der Waals surface area (Å²) in [6.45, 7) is 27.0. The first-order valence-corrected chi connectivity index (χ1v) is 21.8. The lowest BCUT2D eigenvalue weighted by Gasteiger charge is -2.56. The number of nitrogens with zero attached hydrogens (tertiary/aromatic N) is 1. The number of aliphatic hydroxyl groups is 1. The topological polar surface area (TPSA) is 89.9 Å². The molecular weight excluding hydrogens is 676 g/mol. The lowest BCUT2D eigenvalue weighted by Crippen LogP contribution is -2.59. The molecule has 5 aliphatic rings. The van der Waals surface area contributed by atoms with Crippen molar-refractivity contribution in [3.8, 4) is 0 Å². The second kappa shape index (κ2) is 16.1. The van der Waals surface area contributed by atoms with Crippen molar-refractivity contribution in [2.24, 2.45) is 51.2 Å². The number of rotatable bonds is 14. The third kappa shape index (κ3) is 8.07. The Morgan fingerprint density at radius 1 is 1.00 bits per heavy atom. The maximum atomic E-state index is 14.0. The molecule has 0 unspecified atom stereocenters. The van der Waals surface area contributed by atoms with Crippen LogP contribution >= 0.6 is 0 Å². The Labute approximate surface area is 328 Å². The van der Waals surface area contributed by atoms with Gasteiger partial charge in [-0.25, -0.2) is 4.39 Å². The maximum absolute atomic E-state index is 14.0. The highest BCUT2D eigenvalue weighted by molar-refractivity contribution is 5.75.